The van der Waals surface area contributed by atoms with Crippen LogP contribution < -0.4 is 5.32 Å². The van der Waals surface area contributed by atoms with Gasteiger partial charge < -0.3 is 10.2 Å². The molecule has 1 unspecified atom stereocenters. The average Bonchev–Trinajstić information content (AvgIpc) is 3.40. The second kappa shape index (κ2) is 10.5. The van der Waals surface area contributed by atoms with Crippen molar-refractivity contribution in [3.05, 3.63) is 69.2 Å². The maximum Gasteiger partial charge on any atom is 0.275 e. The van der Waals surface area contributed by atoms with E-state index >= 15 is 0 Å². The summed E-state index contributed by atoms with van der Waals surface area (Å²) in [5, 5.41) is 3.88. The molecule has 1 fully saturated rings. The third-order valence-corrected chi connectivity index (χ3v) is 7.13. The maximum atomic E-state index is 13.9. The van der Waals surface area contributed by atoms with Crippen molar-refractivity contribution in [2.75, 3.05) is 6.54 Å². The molecule has 0 aromatic heterocycles. The quantitative estimate of drug-likeness (QED) is 0.445. The molecule has 2 aromatic rings. The second-order valence-electron chi connectivity index (χ2n) is 9.17. The molecule has 2 amide bonds. The van der Waals surface area contributed by atoms with Crippen molar-refractivity contribution in [2.24, 2.45) is 4.99 Å². The molecule has 0 bridgehead atoms. The number of nitrogens with one attached hydrogen (secondary N) is 1. The molecule has 2 aliphatic rings. The molecule has 0 saturated heterocycles. The molecule has 0 radical (unpaired) electrons. The van der Waals surface area contributed by atoms with E-state index in [9.17, 15) is 9.59 Å². The number of amides is 2. The van der Waals surface area contributed by atoms with Crippen LogP contribution in [0.15, 0.2) is 47.5 Å². The molecule has 5 nitrogen and oxygen atoms in total. The van der Waals surface area contributed by atoms with E-state index < -0.39 is 5.66 Å². The van der Waals surface area contributed by atoms with Crippen molar-refractivity contribution in [2.45, 2.75) is 70.5 Å². The lowest BCUT2D eigenvalue weighted by atomic mass is 9.95. The Kier molecular flexibility index (Phi) is 7.63. The Morgan fingerprint density at radius 3 is 2.29 bits per heavy atom. The summed E-state index contributed by atoms with van der Waals surface area (Å²) < 4.78 is 0. The van der Waals surface area contributed by atoms with Gasteiger partial charge in [-0.25, -0.2) is 0 Å². The summed E-state index contributed by atoms with van der Waals surface area (Å²) in [4.78, 5) is 33.3. The summed E-state index contributed by atoms with van der Waals surface area (Å²) in [6.45, 7) is 4.80. The first kappa shape index (κ1) is 24.7. The Balaban J connectivity index is 1.69. The van der Waals surface area contributed by atoms with Gasteiger partial charge >= 0.3 is 0 Å². The number of aliphatic imine (C=N–C) groups is 1. The van der Waals surface area contributed by atoms with Crippen LogP contribution in [0, 0.1) is 0 Å². The van der Waals surface area contributed by atoms with Gasteiger partial charge in [-0.3, -0.25) is 14.6 Å². The normalized spacial score (nSPS) is 17.8. The highest BCUT2D eigenvalue weighted by molar-refractivity contribution is 6.47. The smallest absolute Gasteiger partial charge is 0.275 e. The van der Waals surface area contributed by atoms with Crippen molar-refractivity contribution in [1.29, 1.82) is 0 Å². The van der Waals surface area contributed by atoms with E-state index in [4.69, 9.17) is 28.2 Å². The number of benzene rings is 2. The molecule has 1 aliphatic carbocycles. The summed E-state index contributed by atoms with van der Waals surface area (Å²) in [7, 11) is 0. The minimum atomic E-state index is -0.543. The molecule has 4 rings (SSSR count). The molecule has 1 spiro atoms. The Morgan fingerprint density at radius 1 is 1.06 bits per heavy atom. The van der Waals surface area contributed by atoms with Gasteiger partial charge in [-0.1, -0.05) is 55.6 Å². The van der Waals surface area contributed by atoms with Crippen molar-refractivity contribution in [3.63, 3.8) is 0 Å². The lowest BCUT2D eigenvalue weighted by Gasteiger charge is -2.39. The van der Waals surface area contributed by atoms with Crippen LogP contribution in [0.25, 0.3) is 0 Å². The summed E-state index contributed by atoms with van der Waals surface area (Å²) in [6.07, 6.45) is 6.37. The Labute approximate surface area is 211 Å². The topological polar surface area (TPSA) is 61.8 Å². The predicted octanol–water partition coefficient (Wildman–Crippen LogP) is 6.58. The SMILES string of the molecule is CCCNC(=O)c1ccc(C(CCC)N2C(=O)C(c3cc(Cl)cc(Cl)c3)=NC23CCCC3)cc1. The van der Waals surface area contributed by atoms with Gasteiger partial charge in [0.25, 0.3) is 11.8 Å². The third-order valence-electron chi connectivity index (χ3n) is 6.70. The van der Waals surface area contributed by atoms with Crippen LogP contribution in [-0.4, -0.2) is 34.6 Å². The van der Waals surface area contributed by atoms with Crippen LogP contribution in [0.3, 0.4) is 0 Å². The molecule has 34 heavy (non-hydrogen) atoms. The lowest BCUT2D eigenvalue weighted by molar-refractivity contribution is -0.131. The third kappa shape index (κ3) is 4.87. The largest absolute Gasteiger partial charge is 0.352 e. The van der Waals surface area contributed by atoms with Crippen LogP contribution in [0.2, 0.25) is 10.0 Å². The van der Waals surface area contributed by atoms with E-state index in [0.29, 0.717) is 33.4 Å². The fraction of sp³-hybridized carbons (Fsp3) is 0.444. The monoisotopic (exact) mass is 499 g/mol. The minimum Gasteiger partial charge on any atom is -0.352 e. The summed E-state index contributed by atoms with van der Waals surface area (Å²) in [5.41, 5.74) is 2.20. The van der Waals surface area contributed by atoms with Crippen LogP contribution in [-0.2, 0) is 4.79 Å². The van der Waals surface area contributed by atoms with Crippen LogP contribution in [0.1, 0.15) is 86.3 Å². The molecule has 180 valence electrons. The van der Waals surface area contributed by atoms with E-state index in [1.165, 1.54) is 0 Å². The number of nitrogens with zero attached hydrogens (tertiary/aromatic N) is 2. The fourth-order valence-corrected chi connectivity index (χ4v) is 5.66. The number of hydrogen-bond donors (Lipinski definition) is 1. The number of carbonyl (C=O) groups is 2. The van der Waals surface area contributed by atoms with Gasteiger partial charge in [-0.05, 0) is 74.4 Å². The highest BCUT2D eigenvalue weighted by Crippen LogP contribution is 2.46. The second-order valence-corrected chi connectivity index (χ2v) is 10.0. The Bertz CT molecular complexity index is 1070. The number of halogens is 2. The molecule has 1 aliphatic heterocycles. The lowest BCUT2D eigenvalue weighted by Crippen LogP contribution is -2.47. The van der Waals surface area contributed by atoms with Crippen molar-refractivity contribution in [1.82, 2.24) is 10.2 Å². The van der Waals surface area contributed by atoms with Gasteiger partial charge in [0.15, 0.2) is 0 Å². The number of hydrogen-bond acceptors (Lipinski definition) is 3. The molecule has 1 saturated carbocycles. The van der Waals surface area contributed by atoms with E-state index in [1.54, 1.807) is 18.2 Å². The van der Waals surface area contributed by atoms with Crippen LogP contribution in [0.5, 0.6) is 0 Å². The first-order valence-electron chi connectivity index (χ1n) is 12.2. The molecule has 1 atom stereocenters. The standard InChI is InChI=1S/C27H31Cl2N3O2/c1-3-7-23(18-8-10-19(11-9-18)25(33)30-14-4-2)32-26(34)24(31-27(32)12-5-6-13-27)20-15-21(28)17-22(29)16-20/h8-11,15-17,23H,3-7,12-14H2,1-2H3,(H,30,33). The van der Waals surface area contributed by atoms with E-state index in [1.807, 2.05) is 36.1 Å². The zero-order chi connectivity index (χ0) is 24.3. The molecule has 1 N–H and O–H groups in total. The van der Waals surface area contributed by atoms with Crippen molar-refractivity contribution >= 4 is 40.7 Å². The summed E-state index contributed by atoms with van der Waals surface area (Å²) in [5.74, 6) is -0.156. The van der Waals surface area contributed by atoms with Gasteiger partial charge in [-0.15, -0.1) is 0 Å². The first-order chi connectivity index (χ1) is 16.4. The highest BCUT2D eigenvalue weighted by Gasteiger charge is 2.51. The zero-order valence-electron chi connectivity index (χ0n) is 19.7. The summed E-state index contributed by atoms with van der Waals surface area (Å²) >= 11 is 12.5. The molecular formula is C27H31Cl2N3O2. The molecule has 2 aromatic carbocycles. The van der Waals surface area contributed by atoms with Gasteiger partial charge in [0.2, 0.25) is 0 Å². The summed E-state index contributed by atoms with van der Waals surface area (Å²) in [6, 6.07) is 12.7. The van der Waals surface area contributed by atoms with Gasteiger partial charge in [0, 0.05) is 27.7 Å². The maximum absolute atomic E-state index is 13.9. The molecule has 1 heterocycles. The fourth-order valence-electron chi connectivity index (χ4n) is 5.13. The number of carbonyl (C=O) groups excluding carboxylic acids is 2. The molecular weight excluding hydrogens is 469 g/mol. The van der Waals surface area contributed by atoms with Gasteiger partial charge in [0.05, 0.1) is 6.04 Å². The van der Waals surface area contributed by atoms with Crippen molar-refractivity contribution < 1.29 is 9.59 Å². The minimum absolute atomic E-state index is 0.0755. The van der Waals surface area contributed by atoms with Gasteiger partial charge in [0.1, 0.15) is 11.4 Å². The average molecular weight is 500 g/mol. The van der Waals surface area contributed by atoms with Crippen LogP contribution in [0.4, 0.5) is 0 Å². The van der Waals surface area contributed by atoms with Crippen molar-refractivity contribution in [3.8, 4) is 0 Å². The first-order valence-corrected chi connectivity index (χ1v) is 12.9. The molecule has 7 heteroatoms. The highest BCUT2D eigenvalue weighted by atomic mass is 35.5. The van der Waals surface area contributed by atoms with E-state index in [-0.39, 0.29) is 17.9 Å². The van der Waals surface area contributed by atoms with E-state index in [0.717, 1.165) is 50.5 Å². The predicted molar refractivity (Wildman–Crippen MR) is 138 cm³/mol. The number of rotatable bonds is 8. The Morgan fingerprint density at radius 2 is 1.71 bits per heavy atom. The van der Waals surface area contributed by atoms with E-state index in [2.05, 4.69) is 12.2 Å². The Hall–Kier alpha value is -2.37. The van der Waals surface area contributed by atoms with Crippen LogP contribution >= 0.6 is 23.2 Å². The van der Waals surface area contributed by atoms with Gasteiger partial charge in [-0.2, -0.15) is 0 Å². The zero-order valence-corrected chi connectivity index (χ0v) is 21.3.